The number of rotatable bonds is 7. The first-order valence-electron chi connectivity index (χ1n) is 5.96. The Kier molecular flexibility index (Phi) is 7.59. The van der Waals surface area contributed by atoms with Gasteiger partial charge in [-0.25, -0.2) is 4.39 Å². The first kappa shape index (κ1) is 15.4. The van der Waals surface area contributed by atoms with Gasteiger partial charge in [-0.3, -0.25) is 0 Å². The van der Waals surface area contributed by atoms with Crippen molar-refractivity contribution in [1.29, 1.82) is 0 Å². The second-order valence-corrected chi connectivity index (χ2v) is 3.60. The van der Waals surface area contributed by atoms with Crippen LogP contribution in [0.15, 0.2) is 18.2 Å². The molecule has 4 nitrogen and oxygen atoms in total. The highest BCUT2D eigenvalue weighted by molar-refractivity contribution is 5.39. The van der Waals surface area contributed by atoms with Crippen LogP contribution in [0.2, 0.25) is 0 Å². The molecule has 19 heavy (non-hydrogen) atoms. The topological polar surface area (TPSA) is 53.7 Å². The maximum Gasteiger partial charge on any atom is 0.142 e. The zero-order valence-corrected chi connectivity index (χ0v) is 10.9. The summed E-state index contributed by atoms with van der Waals surface area (Å²) in [6, 6.07) is 4.54. The molecule has 0 atom stereocenters. The van der Waals surface area contributed by atoms with E-state index in [1.807, 2.05) is 0 Å². The van der Waals surface area contributed by atoms with Gasteiger partial charge in [-0.1, -0.05) is 11.8 Å². The molecule has 0 aromatic heterocycles. The molecule has 0 saturated heterocycles. The largest absolute Gasteiger partial charge is 0.491 e. The minimum Gasteiger partial charge on any atom is -0.491 e. The zero-order chi connectivity index (χ0) is 13.9. The molecule has 1 aromatic rings. The Hall–Kier alpha value is -1.61. The summed E-state index contributed by atoms with van der Waals surface area (Å²) in [5.74, 6) is 5.28. The molecule has 0 spiro atoms. The Labute approximate surface area is 112 Å². The molecule has 104 valence electrons. The highest BCUT2D eigenvalue weighted by Gasteiger charge is 2.02. The first-order chi connectivity index (χ1) is 9.27. The van der Waals surface area contributed by atoms with E-state index >= 15 is 0 Å². The van der Waals surface area contributed by atoms with Crippen molar-refractivity contribution in [2.75, 3.05) is 40.1 Å². The minimum atomic E-state index is -0.418. The Morgan fingerprint density at radius 3 is 2.68 bits per heavy atom. The SMILES string of the molecule is COCCOCCOc1ccc(C#CCN)c(F)c1. The van der Waals surface area contributed by atoms with E-state index in [1.54, 1.807) is 19.2 Å². The predicted molar refractivity (Wildman–Crippen MR) is 70.5 cm³/mol. The smallest absolute Gasteiger partial charge is 0.142 e. The van der Waals surface area contributed by atoms with Gasteiger partial charge in [0.05, 0.1) is 31.9 Å². The van der Waals surface area contributed by atoms with E-state index < -0.39 is 5.82 Å². The Morgan fingerprint density at radius 1 is 1.21 bits per heavy atom. The van der Waals surface area contributed by atoms with Crippen LogP contribution in [-0.2, 0) is 9.47 Å². The summed E-state index contributed by atoms with van der Waals surface area (Å²) in [6.45, 7) is 2.05. The molecule has 5 heteroatoms. The molecular formula is C14H18FNO3. The van der Waals surface area contributed by atoms with E-state index in [2.05, 4.69) is 11.8 Å². The fourth-order valence-electron chi connectivity index (χ4n) is 1.30. The lowest BCUT2D eigenvalue weighted by Gasteiger charge is -2.07. The van der Waals surface area contributed by atoms with Crippen molar-refractivity contribution in [2.45, 2.75) is 0 Å². The summed E-state index contributed by atoms with van der Waals surface area (Å²) in [6.07, 6.45) is 0. The van der Waals surface area contributed by atoms with Crippen molar-refractivity contribution in [3.05, 3.63) is 29.6 Å². The monoisotopic (exact) mass is 267 g/mol. The summed E-state index contributed by atoms with van der Waals surface area (Å²) in [5, 5.41) is 0. The quantitative estimate of drug-likeness (QED) is 0.595. The van der Waals surface area contributed by atoms with Gasteiger partial charge >= 0.3 is 0 Å². The molecular weight excluding hydrogens is 249 g/mol. The Morgan fingerprint density at radius 2 is 2.00 bits per heavy atom. The summed E-state index contributed by atoms with van der Waals surface area (Å²) >= 11 is 0. The van der Waals surface area contributed by atoms with Gasteiger partial charge in [0.15, 0.2) is 0 Å². The van der Waals surface area contributed by atoms with Crippen molar-refractivity contribution >= 4 is 0 Å². The fraction of sp³-hybridized carbons (Fsp3) is 0.429. The van der Waals surface area contributed by atoms with E-state index in [4.69, 9.17) is 19.9 Å². The van der Waals surface area contributed by atoms with Crippen LogP contribution in [0, 0.1) is 17.7 Å². The Bertz CT molecular complexity index is 440. The van der Waals surface area contributed by atoms with Crippen molar-refractivity contribution in [3.8, 4) is 17.6 Å². The summed E-state index contributed by atoms with van der Waals surface area (Å²) in [5.41, 5.74) is 5.54. The summed E-state index contributed by atoms with van der Waals surface area (Å²) in [4.78, 5) is 0. The molecule has 0 aliphatic rings. The van der Waals surface area contributed by atoms with Gasteiger partial charge in [0.1, 0.15) is 18.2 Å². The van der Waals surface area contributed by atoms with Crippen LogP contribution in [0.25, 0.3) is 0 Å². The number of benzene rings is 1. The number of ether oxygens (including phenoxy) is 3. The molecule has 1 rings (SSSR count). The van der Waals surface area contributed by atoms with Crippen LogP contribution in [0.4, 0.5) is 4.39 Å². The number of hydrogen-bond donors (Lipinski definition) is 1. The number of nitrogens with two attached hydrogens (primary N) is 1. The van der Waals surface area contributed by atoms with Crippen LogP contribution in [-0.4, -0.2) is 40.1 Å². The Balaban J connectivity index is 2.37. The van der Waals surface area contributed by atoms with Gasteiger partial charge in [0, 0.05) is 13.2 Å². The highest BCUT2D eigenvalue weighted by atomic mass is 19.1. The van der Waals surface area contributed by atoms with Gasteiger partial charge < -0.3 is 19.9 Å². The van der Waals surface area contributed by atoms with E-state index in [1.165, 1.54) is 6.07 Å². The van der Waals surface area contributed by atoms with Crippen LogP contribution in [0.5, 0.6) is 5.75 Å². The second kappa shape index (κ2) is 9.34. The van der Waals surface area contributed by atoms with E-state index in [-0.39, 0.29) is 6.54 Å². The van der Waals surface area contributed by atoms with E-state index in [0.29, 0.717) is 37.7 Å². The van der Waals surface area contributed by atoms with Gasteiger partial charge in [-0.2, -0.15) is 0 Å². The molecule has 0 heterocycles. The third-order valence-electron chi connectivity index (χ3n) is 2.19. The standard InChI is InChI=1S/C14H18FNO3/c1-17-7-8-18-9-10-19-13-5-4-12(3-2-6-16)14(15)11-13/h4-5,11H,6-10,16H2,1H3. The molecule has 0 amide bonds. The fourth-order valence-corrected chi connectivity index (χ4v) is 1.30. The summed E-state index contributed by atoms with van der Waals surface area (Å²) in [7, 11) is 1.61. The number of hydrogen-bond acceptors (Lipinski definition) is 4. The maximum absolute atomic E-state index is 13.6. The van der Waals surface area contributed by atoms with Gasteiger partial charge in [-0.15, -0.1) is 0 Å². The van der Waals surface area contributed by atoms with E-state index in [9.17, 15) is 4.39 Å². The van der Waals surface area contributed by atoms with Crippen molar-refractivity contribution in [2.24, 2.45) is 5.73 Å². The molecule has 0 aliphatic heterocycles. The average Bonchev–Trinajstić information content (AvgIpc) is 2.42. The predicted octanol–water partition coefficient (Wildman–Crippen LogP) is 1.18. The average molecular weight is 267 g/mol. The van der Waals surface area contributed by atoms with Crippen LogP contribution in [0.3, 0.4) is 0 Å². The van der Waals surface area contributed by atoms with Gasteiger partial charge in [-0.05, 0) is 12.1 Å². The van der Waals surface area contributed by atoms with Crippen molar-refractivity contribution < 1.29 is 18.6 Å². The lowest BCUT2D eigenvalue weighted by molar-refractivity contribution is 0.0544. The number of methoxy groups -OCH3 is 1. The molecule has 0 bridgehead atoms. The molecule has 0 radical (unpaired) electrons. The molecule has 2 N–H and O–H groups in total. The lowest BCUT2D eigenvalue weighted by Crippen LogP contribution is -2.10. The van der Waals surface area contributed by atoms with Crippen molar-refractivity contribution in [1.82, 2.24) is 0 Å². The third-order valence-corrected chi connectivity index (χ3v) is 2.19. The normalized spacial score (nSPS) is 9.84. The molecule has 0 aliphatic carbocycles. The molecule has 0 fully saturated rings. The zero-order valence-electron chi connectivity index (χ0n) is 10.9. The minimum absolute atomic E-state index is 0.205. The molecule has 0 saturated carbocycles. The molecule has 1 aromatic carbocycles. The third kappa shape index (κ3) is 6.20. The maximum atomic E-state index is 13.6. The van der Waals surface area contributed by atoms with Gasteiger partial charge in [0.25, 0.3) is 0 Å². The van der Waals surface area contributed by atoms with Gasteiger partial charge in [0.2, 0.25) is 0 Å². The van der Waals surface area contributed by atoms with Crippen LogP contribution in [0.1, 0.15) is 5.56 Å². The van der Waals surface area contributed by atoms with Crippen LogP contribution < -0.4 is 10.5 Å². The van der Waals surface area contributed by atoms with Crippen LogP contribution >= 0.6 is 0 Å². The number of halogens is 1. The summed E-state index contributed by atoms with van der Waals surface area (Å²) < 4.78 is 29.0. The molecule has 0 unspecified atom stereocenters. The second-order valence-electron chi connectivity index (χ2n) is 3.60. The highest BCUT2D eigenvalue weighted by Crippen LogP contribution is 2.15. The first-order valence-corrected chi connectivity index (χ1v) is 5.96. The van der Waals surface area contributed by atoms with E-state index in [0.717, 1.165) is 0 Å². The van der Waals surface area contributed by atoms with Crippen molar-refractivity contribution in [3.63, 3.8) is 0 Å². The lowest BCUT2D eigenvalue weighted by atomic mass is 10.2.